The molecule has 3 rings (SSSR count). The molecule has 1 aliphatic rings. The van der Waals surface area contributed by atoms with Gasteiger partial charge in [-0.15, -0.1) is 0 Å². The molecule has 6 heteroatoms. The molecule has 0 fully saturated rings. The van der Waals surface area contributed by atoms with Crippen molar-refractivity contribution in [3.8, 4) is 11.5 Å². The van der Waals surface area contributed by atoms with E-state index in [-0.39, 0.29) is 0 Å². The summed E-state index contributed by atoms with van der Waals surface area (Å²) in [5, 5.41) is 0. The van der Waals surface area contributed by atoms with Gasteiger partial charge in [0.25, 0.3) is 0 Å². The molecule has 0 bridgehead atoms. The molecule has 5 nitrogen and oxygen atoms in total. The van der Waals surface area contributed by atoms with Gasteiger partial charge in [-0.25, -0.2) is 13.1 Å². The van der Waals surface area contributed by atoms with E-state index in [1.165, 1.54) is 0 Å². The Kier molecular flexibility index (Phi) is 4.78. The molecule has 1 N–H and O–H groups in total. The summed E-state index contributed by atoms with van der Waals surface area (Å²) in [6.45, 7) is 5.29. The molecule has 1 aliphatic heterocycles. The first-order valence-electron chi connectivity index (χ1n) is 7.91. The van der Waals surface area contributed by atoms with Gasteiger partial charge in [0.2, 0.25) is 10.0 Å². The van der Waals surface area contributed by atoms with Crippen LogP contribution in [0.3, 0.4) is 0 Å². The molecule has 24 heavy (non-hydrogen) atoms. The number of sulfonamides is 1. The van der Waals surface area contributed by atoms with Crippen molar-refractivity contribution in [3.63, 3.8) is 0 Å². The zero-order valence-corrected chi connectivity index (χ0v) is 14.7. The number of benzene rings is 2. The lowest BCUT2D eigenvalue weighted by atomic mass is 10.0. The van der Waals surface area contributed by atoms with Crippen LogP contribution in [0.2, 0.25) is 0 Å². The standard InChI is InChI=1S/C18H21NO4S/c1-13-4-3-5-16(10-13)24(20,21)19-7-6-15-12-18-17(11-14(15)2)22-8-9-23-18/h3-5,10-12,19H,6-9H2,1-2H3. The summed E-state index contributed by atoms with van der Waals surface area (Å²) < 4.78 is 38.5. The van der Waals surface area contributed by atoms with Crippen LogP contribution >= 0.6 is 0 Å². The molecule has 2 aromatic carbocycles. The third-order valence-corrected chi connectivity index (χ3v) is 5.45. The smallest absolute Gasteiger partial charge is 0.240 e. The molecule has 2 aromatic rings. The summed E-state index contributed by atoms with van der Waals surface area (Å²) in [5.74, 6) is 1.48. The van der Waals surface area contributed by atoms with Gasteiger partial charge in [0.05, 0.1) is 4.90 Å². The summed E-state index contributed by atoms with van der Waals surface area (Å²) in [6, 6.07) is 10.8. The predicted molar refractivity (Wildman–Crippen MR) is 92.2 cm³/mol. The second-order valence-corrected chi connectivity index (χ2v) is 7.65. The van der Waals surface area contributed by atoms with E-state index < -0.39 is 10.0 Å². The number of fused-ring (bicyclic) bond motifs is 1. The van der Waals surface area contributed by atoms with Crippen LogP contribution in [-0.2, 0) is 16.4 Å². The highest BCUT2D eigenvalue weighted by atomic mass is 32.2. The Morgan fingerprint density at radius 2 is 1.75 bits per heavy atom. The topological polar surface area (TPSA) is 64.6 Å². The van der Waals surface area contributed by atoms with Crippen LogP contribution in [0, 0.1) is 13.8 Å². The van der Waals surface area contributed by atoms with Crippen molar-refractivity contribution in [2.24, 2.45) is 0 Å². The predicted octanol–water partition coefficient (Wildman–Crippen LogP) is 2.60. The van der Waals surface area contributed by atoms with Crippen molar-refractivity contribution in [2.45, 2.75) is 25.2 Å². The van der Waals surface area contributed by atoms with Crippen LogP contribution in [0.1, 0.15) is 16.7 Å². The third-order valence-electron chi connectivity index (χ3n) is 3.99. The average Bonchev–Trinajstić information content (AvgIpc) is 2.55. The number of nitrogens with one attached hydrogen (secondary N) is 1. The molecule has 0 amide bonds. The van der Waals surface area contributed by atoms with E-state index in [0.717, 1.165) is 28.2 Å². The molecule has 0 radical (unpaired) electrons. The second kappa shape index (κ2) is 6.83. The molecular weight excluding hydrogens is 326 g/mol. The van der Waals surface area contributed by atoms with Gasteiger partial charge < -0.3 is 9.47 Å². The molecule has 0 aromatic heterocycles. The normalized spacial score (nSPS) is 13.8. The monoisotopic (exact) mass is 347 g/mol. The first kappa shape index (κ1) is 16.8. The number of aryl methyl sites for hydroxylation is 2. The zero-order chi connectivity index (χ0) is 17.2. The van der Waals surface area contributed by atoms with Gasteiger partial charge in [-0.05, 0) is 61.2 Å². The van der Waals surface area contributed by atoms with Crippen molar-refractivity contribution < 1.29 is 17.9 Å². The summed E-state index contributed by atoms with van der Waals surface area (Å²) in [5.41, 5.74) is 3.03. The van der Waals surface area contributed by atoms with Gasteiger partial charge in [0, 0.05) is 6.54 Å². The van der Waals surface area contributed by atoms with Crippen LogP contribution in [0.5, 0.6) is 11.5 Å². The fourth-order valence-corrected chi connectivity index (χ4v) is 3.82. The number of ether oxygens (including phenoxy) is 2. The molecule has 0 aliphatic carbocycles. The first-order chi connectivity index (χ1) is 11.5. The largest absolute Gasteiger partial charge is 0.486 e. The lowest BCUT2D eigenvalue weighted by molar-refractivity contribution is 0.171. The lowest BCUT2D eigenvalue weighted by Crippen LogP contribution is -2.26. The Bertz CT molecular complexity index is 846. The van der Waals surface area contributed by atoms with Crippen LogP contribution in [0.25, 0.3) is 0 Å². The SMILES string of the molecule is Cc1cccc(S(=O)(=O)NCCc2cc3c(cc2C)OCCO3)c1. The minimum atomic E-state index is -3.49. The van der Waals surface area contributed by atoms with Gasteiger partial charge in [-0.1, -0.05) is 12.1 Å². The van der Waals surface area contributed by atoms with Gasteiger partial charge in [0.1, 0.15) is 13.2 Å². The molecule has 0 atom stereocenters. The maximum Gasteiger partial charge on any atom is 0.240 e. The van der Waals surface area contributed by atoms with E-state index in [1.54, 1.807) is 18.2 Å². The van der Waals surface area contributed by atoms with E-state index in [1.807, 2.05) is 32.0 Å². The zero-order valence-electron chi connectivity index (χ0n) is 13.8. The van der Waals surface area contributed by atoms with E-state index in [4.69, 9.17) is 9.47 Å². The highest BCUT2D eigenvalue weighted by Gasteiger charge is 2.16. The van der Waals surface area contributed by atoms with Crippen molar-refractivity contribution in [1.29, 1.82) is 0 Å². The Morgan fingerprint density at radius 1 is 1.04 bits per heavy atom. The maximum atomic E-state index is 12.3. The highest BCUT2D eigenvalue weighted by Crippen LogP contribution is 2.33. The average molecular weight is 347 g/mol. The quantitative estimate of drug-likeness (QED) is 0.903. The Labute approximate surface area is 142 Å². The Morgan fingerprint density at radius 3 is 2.46 bits per heavy atom. The number of hydrogen-bond acceptors (Lipinski definition) is 4. The molecule has 0 spiro atoms. The van der Waals surface area contributed by atoms with E-state index in [9.17, 15) is 8.42 Å². The minimum absolute atomic E-state index is 0.293. The summed E-state index contributed by atoms with van der Waals surface area (Å²) in [6.07, 6.45) is 0.591. The van der Waals surface area contributed by atoms with Gasteiger partial charge in [-0.2, -0.15) is 0 Å². The van der Waals surface area contributed by atoms with Gasteiger partial charge >= 0.3 is 0 Å². The fourth-order valence-electron chi connectivity index (χ4n) is 2.69. The Hall–Kier alpha value is -2.05. The highest BCUT2D eigenvalue weighted by molar-refractivity contribution is 7.89. The van der Waals surface area contributed by atoms with Crippen molar-refractivity contribution in [2.75, 3.05) is 19.8 Å². The molecule has 128 valence electrons. The summed E-state index contributed by atoms with van der Waals surface area (Å²) in [7, 11) is -3.49. The van der Waals surface area contributed by atoms with Crippen LogP contribution < -0.4 is 14.2 Å². The van der Waals surface area contributed by atoms with Crippen LogP contribution in [0.4, 0.5) is 0 Å². The number of hydrogen-bond donors (Lipinski definition) is 1. The molecule has 0 saturated carbocycles. The molecular formula is C18H21NO4S. The van der Waals surface area contributed by atoms with Crippen LogP contribution in [0.15, 0.2) is 41.3 Å². The third kappa shape index (κ3) is 3.71. The maximum absolute atomic E-state index is 12.3. The molecule has 0 unspecified atom stereocenters. The van der Waals surface area contributed by atoms with Crippen LogP contribution in [-0.4, -0.2) is 28.2 Å². The van der Waals surface area contributed by atoms with E-state index >= 15 is 0 Å². The van der Waals surface area contributed by atoms with E-state index in [2.05, 4.69) is 4.72 Å². The van der Waals surface area contributed by atoms with Crippen molar-refractivity contribution >= 4 is 10.0 Å². The fraction of sp³-hybridized carbons (Fsp3) is 0.333. The number of rotatable bonds is 5. The summed E-state index contributed by atoms with van der Waals surface area (Å²) >= 11 is 0. The Balaban J connectivity index is 1.68. The van der Waals surface area contributed by atoms with Gasteiger partial charge in [0.15, 0.2) is 11.5 Å². The van der Waals surface area contributed by atoms with Crippen molar-refractivity contribution in [3.05, 3.63) is 53.1 Å². The lowest BCUT2D eigenvalue weighted by Gasteiger charge is -2.20. The van der Waals surface area contributed by atoms with Crippen molar-refractivity contribution in [1.82, 2.24) is 4.72 Å². The first-order valence-corrected chi connectivity index (χ1v) is 9.39. The molecule has 1 heterocycles. The minimum Gasteiger partial charge on any atom is -0.486 e. The molecule has 0 saturated heterocycles. The van der Waals surface area contributed by atoms with E-state index in [0.29, 0.717) is 31.1 Å². The second-order valence-electron chi connectivity index (χ2n) is 5.89. The van der Waals surface area contributed by atoms with Gasteiger partial charge in [-0.3, -0.25) is 0 Å². The summed E-state index contributed by atoms with van der Waals surface area (Å²) in [4.78, 5) is 0.293.